The molecule has 0 radical (unpaired) electrons. The highest BCUT2D eigenvalue weighted by Crippen LogP contribution is 2.33. The number of aromatic nitrogens is 5. The fourth-order valence-electron chi connectivity index (χ4n) is 4.36. The largest absolute Gasteiger partial charge is 0.497 e. The number of aryl methyl sites for hydroxylation is 2. The zero-order valence-corrected chi connectivity index (χ0v) is 21.7. The number of methoxy groups -OCH3 is 1. The molecule has 0 atom stereocenters. The van der Waals surface area contributed by atoms with Crippen molar-refractivity contribution in [2.24, 2.45) is 0 Å². The van der Waals surface area contributed by atoms with Crippen LogP contribution in [0.5, 0.6) is 5.75 Å². The Hall–Kier alpha value is -4.67. The van der Waals surface area contributed by atoms with Crippen molar-refractivity contribution in [2.75, 3.05) is 12.4 Å². The van der Waals surface area contributed by atoms with Crippen LogP contribution in [0.2, 0.25) is 0 Å². The molecule has 0 aliphatic rings. The summed E-state index contributed by atoms with van der Waals surface area (Å²) in [4.78, 5) is 17.5. The summed E-state index contributed by atoms with van der Waals surface area (Å²) in [6.45, 7) is 6.10. The SMILES string of the molecule is COc1ccc(-c2cc(C(F)(F)F)n3nc(C(=O)Nc4c(C)nn(Cc5ccccc5C)c4C)cc3n2)cc1. The molecule has 0 spiro atoms. The van der Waals surface area contributed by atoms with Crippen LogP contribution in [0.25, 0.3) is 16.9 Å². The van der Waals surface area contributed by atoms with Gasteiger partial charge in [-0.05, 0) is 62.2 Å². The van der Waals surface area contributed by atoms with Gasteiger partial charge in [-0.15, -0.1) is 0 Å². The smallest absolute Gasteiger partial charge is 0.433 e. The van der Waals surface area contributed by atoms with Gasteiger partial charge in [-0.1, -0.05) is 24.3 Å². The standard InChI is InChI=1S/C28H25F3N6O2/c1-16-7-5-6-8-20(16)15-36-18(3)26(17(2)34-36)33-27(38)23-14-25-32-22(19-9-11-21(39-4)12-10-19)13-24(28(29,30)31)37(25)35-23/h5-14H,15H2,1-4H3,(H,33,38). The minimum Gasteiger partial charge on any atom is -0.497 e. The van der Waals surface area contributed by atoms with E-state index in [1.807, 2.05) is 38.1 Å². The van der Waals surface area contributed by atoms with Gasteiger partial charge in [0.25, 0.3) is 5.91 Å². The highest BCUT2D eigenvalue weighted by atomic mass is 19.4. The number of amides is 1. The van der Waals surface area contributed by atoms with Crippen LogP contribution in [-0.2, 0) is 12.7 Å². The van der Waals surface area contributed by atoms with Gasteiger partial charge in [0.1, 0.15) is 5.75 Å². The lowest BCUT2D eigenvalue weighted by Crippen LogP contribution is -2.16. The molecule has 0 unspecified atom stereocenters. The third-order valence-electron chi connectivity index (χ3n) is 6.54. The molecule has 0 aliphatic heterocycles. The summed E-state index contributed by atoms with van der Waals surface area (Å²) in [6.07, 6.45) is -4.73. The topological polar surface area (TPSA) is 86.3 Å². The quantitative estimate of drug-likeness (QED) is 0.296. The summed E-state index contributed by atoms with van der Waals surface area (Å²) in [7, 11) is 1.50. The van der Waals surface area contributed by atoms with Crippen LogP contribution >= 0.6 is 0 Å². The molecule has 0 aliphatic carbocycles. The van der Waals surface area contributed by atoms with Crippen LogP contribution in [0.15, 0.2) is 60.7 Å². The molecule has 3 aromatic heterocycles. The van der Waals surface area contributed by atoms with E-state index in [9.17, 15) is 18.0 Å². The first kappa shape index (κ1) is 26.0. The Morgan fingerprint density at radius 2 is 1.72 bits per heavy atom. The average molecular weight is 535 g/mol. The van der Waals surface area contributed by atoms with Gasteiger partial charge in [0, 0.05) is 11.6 Å². The number of anilines is 1. The van der Waals surface area contributed by atoms with Gasteiger partial charge < -0.3 is 10.1 Å². The zero-order chi connectivity index (χ0) is 27.9. The Balaban J connectivity index is 1.48. The van der Waals surface area contributed by atoms with E-state index in [-0.39, 0.29) is 17.0 Å². The third kappa shape index (κ3) is 5.07. The van der Waals surface area contributed by atoms with Gasteiger partial charge in [0.2, 0.25) is 0 Å². The number of carbonyl (C=O) groups excluding carboxylic acids is 1. The molecule has 0 bridgehead atoms. The number of alkyl halides is 3. The van der Waals surface area contributed by atoms with E-state index in [1.54, 1.807) is 35.9 Å². The van der Waals surface area contributed by atoms with Crippen molar-refractivity contribution in [3.63, 3.8) is 0 Å². The summed E-state index contributed by atoms with van der Waals surface area (Å²) < 4.78 is 49.5. The fraction of sp³-hybridized carbons (Fsp3) is 0.214. The lowest BCUT2D eigenvalue weighted by Gasteiger charge is -2.11. The molecule has 1 amide bonds. The molecule has 200 valence electrons. The zero-order valence-electron chi connectivity index (χ0n) is 21.7. The number of fused-ring (bicyclic) bond motifs is 1. The lowest BCUT2D eigenvalue weighted by atomic mass is 10.1. The monoisotopic (exact) mass is 534 g/mol. The van der Waals surface area contributed by atoms with E-state index in [2.05, 4.69) is 20.5 Å². The Morgan fingerprint density at radius 3 is 2.38 bits per heavy atom. The fourth-order valence-corrected chi connectivity index (χ4v) is 4.36. The second-order valence-electron chi connectivity index (χ2n) is 9.14. The normalized spacial score (nSPS) is 11.7. The molecule has 11 heteroatoms. The van der Waals surface area contributed by atoms with E-state index < -0.39 is 17.8 Å². The maximum atomic E-state index is 14.0. The van der Waals surface area contributed by atoms with Crippen LogP contribution in [0.3, 0.4) is 0 Å². The third-order valence-corrected chi connectivity index (χ3v) is 6.54. The van der Waals surface area contributed by atoms with E-state index >= 15 is 0 Å². The minimum atomic E-state index is -4.73. The summed E-state index contributed by atoms with van der Waals surface area (Å²) in [6, 6.07) is 16.6. The number of nitrogens with one attached hydrogen (secondary N) is 1. The van der Waals surface area contributed by atoms with Crippen LogP contribution in [0.4, 0.5) is 18.9 Å². The highest BCUT2D eigenvalue weighted by molar-refractivity contribution is 6.04. The summed E-state index contributed by atoms with van der Waals surface area (Å²) in [5.74, 6) is -0.103. The van der Waals surface area contributed by atoms with Gasteiger partial charge in [-0.3, -0.25) is 9.48 Å². The summed E-state index contributed by atoms with van der Waals surface area (Å²) in [5, 5.41) is 11.3. The molecule has 1 N–H and O–H groups in total. The van der Waals surface area contributed by atoms with E-state index in [1.165, 1.54) is 13.2 Å². The van der Waals surface area contributed by atoms with Gasteiger partial charge >= 0.3 is 6.18 Å². The Labute approximate surface area is 222 Å². The molecule has 0 fully saturated rings. The van der Waals surface area contributed by atoms with Gasteiger partial charge in [0.05, 0.1) is 36.4 Å². The first-order valence-corrected chi connectivity index (χ1v) is 12.1. The van der Waals surface area contributed by atoms with Crippen molar-refractivity contribution in [1.82, 2.24) is 24.4 Å². The highest BCUT2D eigenvalue weighted by Gasteiger charge is 2.35. The number of benzene rings is 2. The summed E-state index contributed by atoms with van der Waals surface area (Å²) in [5.41, 5.74) is 3.16. The summed E-state index contributed by atoms with van der Waals surface area (Å²) >= 11 is 0. The number of ether oxygens (including phenoxy) is 1. The Kier molecular flexibility index (Phi) is 6.59. The maximum Gasteiger partial charge on any atom is 0.433 e. The van der Waals surface area contributed by atoms with E-state index in [0.29, 0.717) is 39.4 Å². The maximum absolute atomic E-state index is 14.0. The molecule has 5 rings (SSSR count). The molecule has 0 saturated heterocycles. The molecule has 5 aromatic rings. The van der Waals surface area contributed by atoms with E-state index in [4.69, 9.17) is 4.74 Å². The van der Waals surface area contributed by atoms with E-state index in [0.717, 1.165) is 17.2 Å². The molecule has 3 heterocycles. The van der Waals surface area contributed by atoms with Crippen LogP contribution in [0.1, 0.15) is 38.7 Å². The van der Waals surface area contributed by atoms with Crippen molar-refractivity contribution in [3.8, 4) is 17.0 Å². The van der Waals surface area contributed by atoms with Gasteiger partial charge in [-0.2, -0.15) is 23.4 Å². The molecule has 8 nitrogen and oxygen atoms in total. The number of hydrogen-bond donors (Lipinski definition) is 1. The predicted molar refractivity (Wildman–Crippen MR) is 140 cm³/mol. The number of hydrogen-bond acceptors (Lipinski definition) is 5. The lowest BCUT2D eigenvalue weighted by molar-refractivity contribution is -0.142. The molecule has 0 saturated carbocycles. The Morgan fingerprint density at radius 1 is 1.00 bits per heavy atom. The molecule has 2 aromatic carbocycles. The van der Waals surface area contributed by atoms with Crippen LogP contribution in [0, 0.1) is 20.8 Å². The minimum absolute atomic E-state index is 0.0912. The van der Waals surface area contributed by atoms with Crippen molar-refractivity contribution in [1.29, 1.82) is 0 Å². The van der Waals surface area contributed by atoms with Gasteiger partial charge in [-0.25, -0.2) is 9.50 Å². The van der Waals surface area contributed by atoms with Crippen molar-refractivity contribution >= 4 is 17.2 Å². The Bertz CT molecular complexity index is 1690. The first-order valence-electron chi connectivity index (χ1n) is 12.1. The predicted octanol–water partition coefficient (Wildman–Crippen LogP) is 5.85. The number of carbonyl (C=O) groups is 1. The number of nitrogens with zero attached hydrogens (tertiary/aromatic N) is 5. The second-order valence-corrected chi connectivity index (χ2v) is 9.14. The molecule has 39 heavy (non-hydrogen) atoms. The first-order chi connectivity index (χ1) is 18.5. The van der Waals surface area contributed by atoms with Crippen molar-refractivity contribution in [2.45, 2.75) is 33.5 Å². The van der Waals surface area contributed by atoms with Gasteiger partial charge in [0.15, 0.2) is 17.0 Å². The van der Waals surface area contributed by atoms with Crippen molar-refractivity contribution in [3.05, 3.63) is 94.6 Å². The van der Waals surface area contributed by atoms with Crippen molar-refractivity contribution < 1.29 is 22.7 Å². The van der Waals surface area contributed by atoms with Crippen LogP contribution in [-0.4, -0.2) is 37.4 Å². The number of halogens is 3. The number of rotatable bonds is 6. The molecular weight excluding hydrogens is 509 g/mol. The average Bonchev–Trinajstić information content (AvgIpc) is 3.45. The second kappa shape index (κ2) is 9.90. The van der Waals surface area contributed by atoms with Crippen LogP contribution < -0.4 is 10.1 Å². The molecular formula is C28H25F3N6O2.